The van der Waals surface area contributed by atoms with Crippen LogP contribution in [0.25, 0.3) is 6.08 Å². The third-order valence-corrected chi connectivity index (χ3v) is 1.88. The van der Waals surface area contributed by atoms with Gasteiger partial charge in [0.1, 0.15) is 0 Å². The summed E-state index contributed by atoms with van der Waals surface area (Å²) in [6.07, 6.45) is 0.892. The minimum Gasteiger partial charge on any atom is -0.481 e. The first-order valence-electron chi connectivity index (χ1n) is 4.15. The number of hydrogen-bond acceptors (Lipinski definition) is 3. The highest BCUT2D eigenvalue weighted by molar-refractivity contribution is 5.90. The van der Waals surface area contributed by atoms with Gasteiger partial charge >= 0.3 is 5.97 Å². The number of rotatable bonds is 3. The molecule has 15 heavy (non-hydrogen) atoms. The largest absolute Gasteiger partial charge is 0.481 e. The minimum atomic E-state index is -1.61. The summed E-state index contributed by atoms with van der Waals surface area (Å²) in [5.74, 6) is -2.53. The van der Waals surface area contributed by atoms with Crippen LogP contribution in [0.5, 0.6) is 5.88 Å². The molecule has 0 fully saturated rings. The van der Waals surface area contributed by atoms with Crippen molar-refractivity contribution in [2.45, 2.75) is 6.92 Å². The summed E-state index contributed by atoms with van der Waals surface area (Å²) < 4.78 is 19.3. The zero-order valence-corrected chi connectivity index (χ0v) is 8.61. The second-order valence-corrected chi connectivity index (χ2v) is 2.93. The zero-order valence-electron chi connectivity index (χ0n) is 8.61. The number of halogens is 1. The third-order valence-electron chi connectivity index (χ3n) is 1.88. The standard InChI is InChI=1S/C9H11FN2O3/c1-5-6(4-7(10)9(13)14)8(15-3)12(2)11-5/h4H,1-3H3,(H,13,14)/b7-4+. The molecule has 1 aromatic rings. The smallest absolute Gasteiger partial charge is 0.364 e. The lowest BCUT2D eigenvalue weighted by Gasteiger charge is -2.00. The Kier molecular flexibility index (Phi) is 3.08. The Hall–Kier alpha value is -1.85. The molecule has 0 aliphatic heterocycles. The van der Waals surface area contributed by atoms with Crippen LogP contribution in [0.1, 0.15) is 11.3 Å². The molecular weight excluding hydrogens is 203 g/mol. The van der Waals surface area contributed by atoms with Gasteiger partial charge in [-0.15, -0.1) is 0 Å². The molecule has 0 saturated heterocycles. The van der Waals surface area contributed by atoms with Gasteiger partial charge in [0.2, 0.25) is 11.7 Å². The molecule has 0 aliphatic rings. The van der Waals surface area contributed by atoms with Gasteiger partial charge in [0.05, 0.1) is 18.4 Å². The molecule has 6 heteroatoms. The molecule has 82 valence electrons. The third kappa shape index (κ3) is 2.15. The Morgan fingerprint density at radius 1 is 1.67 bits per heavy atom. The topological polar surface area (TPSA) is 64.3 Å². The molecule has 1 heterocycles. The fourth-order valence-corrected chi connectivity index (χ4v) is 1.25. The molecule has 0 aromatic carbocycles. The van der Waals surface area contributed by atoms with Crippen LogP contribution in [-0.4, -0.2) is 28.0 Å². The predicted octanol–water partition coefficient (Wildman–Crippen LogP) is 1.13. The summed E-state index contributed by atoms with van der Waals surface area (Å²) in [6, 6.07) is 0. The van der Waals surface area contributed by atoms with Crippen molar-refractivity contribution in [1.29, 1.82) is 0 Å². The first-order chi connectivity index (χ1) is 6.97. The number of carboxylic acids is 1. The lowest BCUT2D eigenvalue weighted by Crippen LogP contribution is -1.97. The summed E-state index contributed by atoms with van der Waals surface area (Å²) in [4.78, 5) is 10.3. The van der Waals surface area contributed by atoms with Crippen LogP contribution in [0.3, 0.4) is 0 Å². The number of hydrogen-bond donors (Lipinski definition) is 1. The molecule has 0 saturated carbocycles. The highest BCUT2D eigenvalue weighted by Crippen LogP contribution is 2.23. The van der Waals surface area contributed by atoms with Crippen molar-refractivity contribution in [1.82, 2.24) is 9.78 Å². The number of aromatic nitrogens is 2. The van der Waals surface area contributed by atoms with Crippen LogP contribution in [0.4, 0.5) is 4.39 Å². The number of nitrogens with zero attached hydrogens (tertiary/aromatic N) is 2. The van der Waals surface area contributed by atoms with Crippen molar-refractivity contribution < 1.29 is 19.0 Å². The van der Waals surface area contributed by atoms with E-state index in [1.165, 1.54) is 11.8 Å². The molecule has 0 bridgehead atoms. The van der Waals surface area contributed by atoms with E-state index in [1.54, 1.807) is 14.0 Å². The van der Waals surface area contributed by atoms with Gasteiger partial charge in [-0.25, -0.2) is 9.48 Å². The SMILES string of the molecule is COc1c(/C=C(/F)C(=O)O)c(C)nn1C. The highest BCUT2D eigenvalue weighted by Gasteiger charge is 2.15. The normalized spacial score (nSPS) is 11.6. The lowest BCUT2D eigenvalue weighted by atomic mass is 10.2. The van der Waals surface area contributed by atoms with E-state index in [-0.39, 0.29) is 0 Å². The maximum Gasteiger partial charge on any atom is 0.364 e. The van der Waals surface area contributed by atoms with E-state index in [0.29, 0.717) is 17.1 Å². The van der Waals surface area contributed by atoms with Gasteiger partial charge in [-0.2, -0.15) is 9.49 Å². The number of carboxylic acid groups (broad SMARTS) is 1. The molecular formula is C9H11FN2O3. The Labute approximate surface area is 85.8 Å². The van der Waals surface area contributed by atoms with Crippen molar-refractivity contribution in [3.05, 3.63) is 17.1 Å². The van der Waals surface area contributed by atoms with Gasteiger partial charge in [-0.3, -0.25) is 0 Å². The second kappa shape index (κ2) is 4.12. The average molecular weight is 214 g/mol. The number of ether oxygens (including phenoxy) is 1. The summed E-state index contributed by atoms with van der Waals surface area (Å²) in [5, 5.41) is 12.4. The van der Waals surface area contributed by atoms with E-state index >= 15 is 0 Å². The quantitative estimate of drug-likeness (QED) is 0.766. The van der Waals surface area contributed by atoms with Crippen LogP contribution >= 0.6 is 0 Å². The van der Waals surface area contributed by atoms with Crippen LogP contribution in [0, 0.1) is 6.92 Å². The van der Waals surface area contributed by atoms with Gasteiger partial charge < -0.3 is 9.84 Å². The van der Waals surface area contributed by atoms with Crippen LogP contribution in [0.2, 0.25) is 0 Å². The van der Waals surface area contributed by atoms with Crippen LogP contribution in [0.15, 0.2) is 5.83 Å². The van der Waals surface area contributed by atoms with Gasteiger partial charge in [0.25, 0.3) is 0 Å². The van der Waals surface area contributed by atoms with Gasteiger partial charge in [-0.1, -0.05) is 0 Å². The van der Waals surface area contributed by atoms with E-state index in [4.69, 9.17) is 9.84 Å². The Balaban J connectivity index is 3.25. The maximum absolute atomic E-state index is 12.9. The van der Waals surface area contributed by atoms with Crippen molar-refractivity contribution in [3.8, 4) is 5.88 Å². The molecule has 1 rings (SSSR count). The first kappa shape index (κ1) is 11.2. The summed E-state index contributed by atoms with van der Waals surface area (Å²) in [5.41, 5.74) is 0.839. The molecule has 0 spiro atoms. The molecule has 0 unspecified atom stereocenters. The van der Waals surface area contributed by atoms with E-state index in [9.17, 15) is 9.18 Å². The van der Waals surface area contributed by atoms with Gasteiger partial charge in [0.15, 0.2) is 0 Å². The molecule has 0 radical (unpaired) electrons. The molecule has 0 aliphatic carbocycles. The monoisotopic (exact) mass is 214 g/mol. The fourth-order valence-electron chi connectivity index (χ4n) is 1.25. The Bertz CT molecular complexity index is 423. The molecule has 0 amide bonds. The van der Waals surface area contributed by atoms with E-state index in [1.807, 2.05) is 0 Å². The van der Waals surface area contributed by atoms with E-state index in [0.717, 1.165) is 6.08 Å². The lowest BCUT2D eigenvalue weighted by molar-refractivity contribution is -0.134. The summed E-state index contributed by atoms with van der Waals surface area (Å²) >= 11 is 0. The molecule has 5 nitrogen and oxygen atoms in total. The number of aliphatic carboxylic acids is 1. The molecule has 0 atom stereocenters. The Morgan fingerprint density at radius 3 is 2.73 bits per heavy atom. The van der Waals surface area contributed by atoms with Crippen LogP contribution in [-0.2, 0) is 11.8 Å². The number of aryl methyl sites for hydroxylation is 2. The van der Waals surface area contributed by atoms with Crippen molar-refractivity contribution in [2.75, 3.05) is 7.11 Å². The fraction of sp³-hybridized carbons (Fsp3) is 0.333. The maximum atomic E-state index is 12.9. The van der Waals surface area contributed by atoms with E-state index < -0.39 is 11.8 Å². The first-order valence-corrected chi connectivity index (χ1v) is 4.15. The summed E-state index contributed by atoms with van der Waals surface area (Å²) in [7, 11) is 3.04. The zero-order chi connectivity index (χ0) is 11.6. The summed E-state index contributed by atoms with van der Waals surface area (Å²) in [6.45, 7) is 1.64. The number of carbonyl (C=O) groups is 1. The molecule has 1 N–H and O–H groups in total. The second-order valence-electron chi connectivity index (χ2n) is 2.93. The molecule has 1 aromatic heterocycles. The van der Waals surface area contributed by atoms with Crippen LogP contribution < -0.4 is 4.74 Å². The highest BCUT2D eigenvalue weighted by atomic mass is 19.1. The number of methoxy groups -OCH3 is 1. The van der Waals surface area contributed by atoms with Gasteiger partial charge in [-0.05, 0) is 13.0 Å². The Morgan fingerprint density at radius 2 is 2.27 bits per heavy atom. The minimum absolute atomic E-state index is 0.323. The average Bonchev–Trinajstić information content (AvgIpc) is 2.41. The van der Waals surface area contributed by atoms with Crippen molar-refractivity contribution in [3.63, 3.8) is 0 Å². The van der Waals surface area contributed by atoms with Crippen molar-refractivity contribution >= 4 is 12.0 Å². The predicted molar refractivity (Wildman–Crippen MR) is 51.2 cm³/mol. The van der Waals surface area contributed by atoms with Crippen molar-refractivity contribution in [2.24, 2.45) is 7.05 Å². The van der Waals surface area contributed by atoms with E-state index in [2.05, 4.69) is 5.10 Å². The van der Waals surface area contributed by atoms with Gasteiger partial charge in [0, 0.05) is 7.05 Å².